The lowest BCUT2D eigenvalue weighted by Gasteiger charge is -1.97. The molecular formula is C12H12N4OS. The van der Waals surface area contributed by atoms with E-state index in [1.807, 2.05) is 0 Å². The smallest absolute Gasteiger partial charge is 0.213 e. The predicted octanol–water partition coefficient (Wildman–Crippen LogP) is 2.64. The van der Waals surface area contributed by atoms with E-state index in [9.17, 15) is 0 Å². The predicted molar refractivity (Wildman–Crippen MR) is 70.8 cm³/mol. The van der Waals surface area contributed by atoms with E-state index in [4.69, 9.17) is 0 Å². The first-order chi connectivity index (χ1) is 8.81. The van der Waals surface area contributed by atoms with Gasteiger partial charge >= 0.3 is 0 Å². The highest BCUT2D eigenvalue weighted by molar-refractivity contribution is 7.22. The third kappa shape index (κ3) is 2.33. The van der Waals surface area contributed by atoms with Gasteiger partial charge in [0, 0.05) is 13.0 Å². The fraction of sp³-hybridized carbons (Fsp3) is 0.250. The van der Waals surface area contributed by atoms with Gasteiger partial charge in [-0.15, -0.1) is 0 Å². The molecule has 18 heavy (non-hydrogen) atoms. The topological polar surface area (TPSA) is 63.8 Å². The molecule has 2 aromatic heterocycles. The number of aromatic nitrogens is 3. The number of benzene rings is 1. The molecule has 2 heterocycles. The molecule has 0 aliphatic carbocycles. The molecule has 92 valence electrons. The van der Waals surface area contributed by atoms with Gasteiger partial charge in [0.05, 0.1) is 10.2 Å². The molecule has 3 rings (SSSR count). The van der Waals surface area contributed by atoms with Crippen LogP contribution in [-0.2, 0) is 6.42 Å². The molecule has 5 nitrogen and oxygen atoms in total. The van der Waals surface area contributed by atoms with E-state index in [1.165, 1.54) is 16.7 Å². The Morgan fingerprint density at radius 2 is 2.33 bits per heavy atom. The van der Waals surface area contributed by atoms with Gasteiger partial charge in [0.1, 0.15) is 0 Å². The van der Waals surface area contributed by atoms with E-state index in [0.29, 0.717) is 5.82 Å². The zero-order valence-corrected chi connectivity index (χ0v) is 10.7. The number of hydrogen-bond donors (Lipinski definition) is 1. The summed E-state index contributed by atoms with van der Waals surface area (Å²) in [6.07, 6.45) is 2.07. The van der Waals surface area contributed by atoms with E-state index in [2.05, 4.69) is 50.1 Å². The number of fused-ring (bicyclic) bond motifs is 1. The van der Waals surface area contributed by atoms with Crippen molar-refractivity contribution in [2.75, 3.05) is 11.9 Å². The Bertz CT molecular complexity index is 647. The molecule has 0 unspecified atom stereocenters. The minimum Gasteiger partial charge on any atom is -0.361 e. The minimum absolute atomic E-state index is 0.708. The first-order valence-electron chi connectivity index (χ1n) is 5.67. The van der Waals surface area contributed by atoms with Gasteiger partial charge in [-0.25, -0.2) is 4.98 Å². The molecular weight excluding hydrogens is 248 g/mol. The summed E-state index contributed by atoms with van der Waals surface area (Å²) in [5.74, 6) is 0.708. The molecule has 0 fully saturated rings. The Labute approximate surface area is 108 Å². The lowest BCUT2D eigenvalue weighted by atomic mass is 10.2. The highest BCUT2D eigenvalue weighted by Crippen LogP contribution is 2.26. The van der Waals surface area contributed by atoms with Crippen molar-refractivity contribution in [2.45, 2.75) is 13.3 Å². The first-order valence-corrected chi connectivity index (χ1v) is 6.49. The number of rotatable bonds is 4. The van der Waals surface area contributed by atoms with Crippen LogP contribution >= 0.6 is 11.3 Å². The number of anilines is 1. The third-order valence-electron chi connectivity index (χ3n) is 2.57. The molecule has 0 saturated carbocycles. The zero-order chi connectivity index (χ0) is 12.4. The van der Waals surface area contributed by atoms with Crippen LogP contribution in [-0.4, -0.2) is 21.7 Å². The van der Waals surface area contributed by atoms with Crippen molar-refractivity contribution in [2.24, 2.45) is 0 Å². The van der Waals surface area contributed by atoms with E-state index in [-0.39, 0.29) is 0 Å². The number of nitrogens with one attached hydrogen (secondary N) is 1. The lowest BCUT2D eigenvalue weighted by Crippen LogP contribution is -2.05. The van der Waals surface area contributed by atoms with Crippen molar-refractivity contribution in [1.82, 2.24) is 15.1 Å². The lowest BCUT2D eigenvalue weighted by molar-refractivity contribution is 0.410. The van der Waals surface area contributed by atoms with Crippen LogP contribution in [0.15, 0.2) is 29.1 Å². The van der Waals surface area contributed by atoms with Gasteiger partial charge in [-0.1, -0.05) is 22.6 Å². The number of nitrogens with zero attached hydrogens (tertiary/aromatic N) is 3. The molecule has 0 amide bonds. The van der Waals surface area contributed by atoms with Gasteiger partial charge in [-0.2, -0.15) is 4.98 Å². The number of thiazole rings is 1. The van der Waals surface area contributed by atoms with Crippen LogP contribution in [0.3, 0.4) is 0 Å². The van der Waals surface area contributed by atoms with Crippen molar-refractivity contribution in [3.63, 3.8) is 0 Å². The summed E-state index contributed by atoms with van der Waals surface area (Å²) in [6, 6.07) is 6.30. The maximum absolute atomic E-state index is 4.68. The Morgan fingerprint density at radius 1 is 1.39 bits per heavy atom. The van der Waals surface area contributed by atoms with Crippen LogP contribution in [0.25, 0.3) is 10.2 Å². The fourth-order valence-corrected chi connectivity index (χ4v) is 2.57. The van der Waals surface area contributed by atoms with Crippen LogP contribution in [0.5, 0.6) is 0 Å². The van der Waals surface area contributed by atoms with Crippen LogP contribution in [0, 0.1) is 6.92 Å². The van der Waals surface area contributed by atoms with E-state index < -0.39 is 0 Å². The van der Waals surface area contributed by atoms with E-state index >= 15 is 0 Å². The maximum Gasteiger partial charge on any atom is 0.213 e. The second kappa shape index (κ2) is 4.73. The van der Waals surface area contributed by atoms with Gasteiger partial charge in [0.25, 0.3) is 0 Å². The normalized spacial score (nSPS) is 10.9. The van der Waals surface area contributed by atoms with Crippen LogP contribution in [0.2, 0.25) is 0 Å². The van der Waals surface area contributed by atoms with Crippen molar-refractivity contribution in [3.05, 3.63) is 36.0 Å². The van der Waals surface area contributed by atoms with Gasteiger partial charge in [-0.05, 0) is 24.6 Å². The molecule has 1 N–H and O–H groups in total. The van der Waals surface area contributed by atoms with Crippen molar-refractivity contribution in [3.8, 4) is 0 Å². The molecule has 0 aliphatic rings. The molecule has 0 spiro atoms. The molecule has 0 bridgehead atoms. The summed E-state index contributed by atoms with van der Waals surface area (Å²) in [4.78, 5) is 8.50. The van der Waals surface area contributed by atoms with Crippen molar-refractivity contribution in [1.29, 1.82) is 0 Å². The van der Waals surface area contributed by atoms with Crippen LogP contribution in [0.4, 0.5) is 5.13 Å². The first kappa shape index (κ1) is 11.2. The summed E-state index contributed by atoms with van der Waals surface area (Å²) in [5, 5.41) is 7.97. The number of aryl methyl sites for hydroxylation is 1. The summed E-state index contributed by atoms with van der Waals surface area (Å²) in [7, 11) is 0. The molecule has 3 aromatic rings. The second-order valence-electron chi connectivity index (χ2n) is 4.01. The van der Waals surface area contributed by atoms with Crippen LogP contribution < -0.4 is 5.32 Å². The molecule has 0 saturated heterocycles. The van der Waals surface area contributed by atoms with Gasteiger partial charge in [-0.3, -0.25) is 0 Å². The minimum atomic E-state index is 0.708. The van der Waals surface area contributed by atoms with E-state index in [0.717, 1.165) is 23.6 Å². The molecule has 0 radical (unpaired) electrons. The maximum atomic E-state index is 4.68. The van der Waals surface area contributed by atoms with Crippen LogP contribution in [0.1, 0.15) is 11.4 Å². The number of hydrogen-bond acceptors (Lipinski definition) is 6. The Hall–Kier alpha value is -1.95. The van der Waals surface area contributed by atoms with Crippen molar-refractivity contribution < 1.29 is 4.52 Å². The second-order valence-corrected chi connectivity index (χ2v) is 5.05. The Morgan fingerprint density at radius 3 is 3.17 bits per heavy atom. The Kier molecular flexibility index (Phi) is 2.93. The highest BCUT2D eigenvalue weighted by Gasteiger charge is 2.04. The zero-order valence-electron chi connectivity index (χ0n) is 9.88. The summed E-state index contributed by atoms with van der Waals surface area (Å²) >= 11 is 1.66. The monoisotopic (exact) mass is 260 g/mol. The van der Waals surface area contributed by atoms with Gasteiger partial charge < -0.3 is 9.84 Å². The average molecular weight is 260 g/mol. The average Bonchev–Trinajstić information content (AvgIpc) is 2.97. The molecule has 1 aromatic carbocycles. The summed E-state index contributed by atoms with van der Waals surface area (Å²) < 4.78 is 5.87. The summed E-state index contributed by atoms with van der Waals surface area (Å²) in [5.41, 5.74) is 2.27. The standard InChI is InChI=1S/C12H12N4OS/c1-8-2-3-10-9(6-8)15-12(18-10)13-5-4-11-14-7-17-16-11/h2-3,6-7H,4-5H2,1H3,(H,13,15). The van der Waals surface area contributed by atoms with Crippen molar-refractivity contribution >= 4 is 26.7 Å². The quantitative estimate of drug-likeness (QED) is 0.781. The van der Waals surface area contributed by atoms with E-state index in [1.54, 1.807) is 11.3 Å². The SMILES string of the molecule is Cc1ccc2sc(NCCc3ncon3)nc2c1. The fourth-order valence-electron chi connectivity index (χ4n) is 1.70. The molecule has 6 heteroatoms. The van der Waals surface area contributed by atoms with Gasteiger partial charge in [0.15, 0.2) is 11.0 Å². The molecule has 0 atom stereocenters. The third-order valence-corrected chi connectivity index (χ3v) is 3.57. The van der Waals surface area contributed by atoms with Gasteiger partial charge in [0.2, 0.25) is 6.39 Å². The Balaban J connectivity index is 1.67. The largest absolute Gasteiger partial charge is 0.361 e. The molecule has 0 aliphatic heterocycles. The highest BCUT2D eigenvalue weighted by atomic mass is 32.1. The summed E-state index contributed by atoms with van der Waals surface area (Å²) in [6.45, 7) is 2.82.